The van der Waals surface area contributed by atoms with Crippen molar-refractivity contribution in [1.82, 2.24) is 15.5 Å². The number of carbonyl (C=O) groups is 1. The number of aliphatic hydroxyl groups excluding tert-OH is 1. The lowest BCUT2D eigenvalue weighted by Gasteiger charge is -2.36. The van der Waals surface area contributed by atoms with Gasteiger partial charge >= 0.3 is 0 Å². The Labute approximate surface area is 127 Å². The summed E-state index contributed by atoms with van der Waals surface area (Å²) >= 11 is 0. The molecule has 0 aromatic rings. The maximum absolute atomic E-state index is 12.6. The first-order valence-electron chi connectivity index (χ1n) is 8.70. The molecule has 3 N–H and O–H groups in total. The molecule has 1 amide bonds. The van der Waals surface area contributed by atoms with Gasteiger partial charge in [-0.15, -0.1) is 0 Å². The number of hydrogen-bond acceptors (Lipinski definition) is 4. The number of rotatable bonds is 3. The summed E-state index contributed by atoms with van der Waals surface area (Å²) in [4.78, 5) is 15.1. The third-order valence-corrected chi connectivity index (χ3v) is 5.43. The SMILES string of the molecule is O=C(NC1CCCCC1O)C1CCCN1C1CCNCC1. The number of amides is 1. The van der Waals surface area contributed by atoms with Gasteiger partial charge in [-0.3, -0.25) is 9.69 Å². The lowest BCUT2D eigenvalue weighted by Crippen LogP contribution is -2.54. The second-order valence-corrected chi connectivity index (χ2v) is 6.84. The van der Waals surface area contributed by atoms with Crippen molar-refractivity contribution in [3.63, 3.8) is 0 Å². The van der Waals surface area contributed by atoms with Gasteiger partial charge in [0.25, 0.3) is 0 Å². The Balaban J connectivity index is 1.57. The minimum absolute atomic E-state index is 0.0262. The molecule has 5 heteroatoms. The maximum atomic E-state index is 12.6. The van der Waals surface area contributed by atoms with Crippen LogP contribution in [0.4, 0.5) is 0 Å². The highest BCUT2D eigenvalue weighted by Crippen LogP contribution is 2.25. The highest BCUT2D eigenvalue weighted by Gasteiger charge is 2.37. The molecular weight excluding hydrogens is 266 g/mol. The van der Waals surface area contributed by atoms with Gasteiger partial charge < -0.3 is 15.7 Å². The van der Waals surface area contributed by atoms with Gasteiger partial charge in [0.1, 0.15) is 0 Å². The van der Waals surface area contributed by atoms with E-state index in [9.17, 15) is 9.90 Å². The normalized spacial score (nSPS) is 35.8. The summed E-state index contributed by atoms with van der Waals surface area (Å²) < 4.78 is 0. The molecule has 5 nitrogen and oxygen atoms in total. The van der Waals surface area contributed by atoms with Gasteiger partial charge in [-0.1, -0.05) is 12.8 Å². The average Bonchev–Trinajstić information content (AvgIpc) is 3.00. The molecule has 21 heavy (non-hydrogen) atoms. The van der Waals surface area contributed by atoms with Crippen molar-refractivity contribution < 1.29 is 9.90 Å². The Morgan fingerprint density at radius 1 is 1.05 bits per heavy atom. The molecule has 2 heterocycles. The van der Waals surface area contributed by atoms with Crippen LogP contribution in [0.25, 0.3) is 0 Å². The van der Waals surface area contributed by atoms with E-state index in [1.165, 1.54) is 0 Å². The molecule has 0 radical (unpaired) electrons. The molecule has 0 aromatic carbocycles. The van der Waals surface area contributed by atoms with E-state index in [4.69, 9.17) is 0 Å². The van der Waals surface area contributed by atoms with Crippen LogP contribution in [-0.4, -0.2) is 59.8 Å². The van der Waals surface area contributed by atoms with Crippen LogP contribution < -0.4 is 10.6 Å². The predicted octanol–water partition coefficient (Wildman–Crippen LogP) is 0.622. The van der Waals surface area contributed by atoms with E-state index >= 15 is 0 Å². The van der Waals surface area contributed by atoms with Gasteiger partial charge in [0.2, 0.25) is 5.91 Å². The zero-order valence-corrected chi connectivity index (χ0v) is 12.9. The van der Waals surface area contributed by atoms with Crippen molar-refractivity contribution in [2.75, 3.05) is 19.6 Å². The van der Waals surface area contributed by atoms with Crippen LogP contribution in [0.3, 0.4) is 0 Å². The highest BCUT2D eigenvalue weighted by atomic mass is 16.3. The van der Waals surface area contributed by atoms with Crippen LogP contribution in [-0.2, 0) is 4.79 Å². The predicted molar refractivity (Wildman–Crippen MR) is 82.0 cm³/mol. The summed E-state index contributed by atoms with van der Waals surface area (Å²) in [6.07, 6.45) is 7.99. The number of nitrogens with zero attached hydrogens (tertiary/aromatic N) is 1. The summed E-state index contributed by atoms with van der Waals surface area (Å²) in [6.45, 7) is 3.18. The summed E-state index contributed by atoms with van der Waals surface area (Å²) in [5.41, 5.74) is 0. The number of carbonyl (C=O) groups excluding carboxylic acids is 1. The van der Waals surface area contributed by atoms with Crippen LogP contribution in [0.2, 0.25) is 0 Å². The summed E-state index contributed by atoms with van der Waals surface area (Å²) in [5.74, 6) is 0.150. The lowest BCUT2D eigenvalue weighted by atomic mass is 9.92. The topological polar surface area (TPSA) is 64.6 Å². The Bertz CT molecular complexity index is 357. The summed E-state index contributed by atoms with van der Waals surface area (Å²) in [5, 5.41) is 16.6. The van der Waals surface area contributed by atoms with Crippen LogP contribution in [0, 0.1) is 0 Å². The number of aliphatic hydroxyl groups is 1. The Kier molecular flexibility index (Phi) is 5.14. The fourth-order valence-electron chi connectivity index (χ4n) is 4.20. The van der Waals surface area contributed by atoms with Crippen molar-refractivity contribution in [2.45, 2.75) is 75.6 Å². The molecule has 1 saturated carbocycles. The molecule has 3 aliphatic rings. The van der Waals surface area contributed by atoms with E-state index in [0.717, 1.165) is 71.0 Å². The molecule has 3 rings (SSSR count). The summed E-state index contributed by atoms with van der Waals surface area (Å²) in [7, 11) is 0. The Morgan fingerprint density at radius 3 is 2.57 bits per heavy atom. The molecule has 120 valence electrons. The minimum Gasteiger partial charge on any atom is -0.391 e. The number of nitrogens with one attached hydrogen (secondary N) is 2. The second-order valence-electron chi connectivity index (χ2n) is 6.84. The molecule has 3 atom stereocenters. The van der Waals surface area contributed by atoms with E-state index in [-0.39, 0.29) is 24.1 Å². The fraction of sp³-hybridized carbons (Fsp3) is 0.938. The van der Waals surface area contributed by atoms with E-state index in [0.29, 0.717) is 6.04 Å². The molecule has 3 fully saturated rings. The zero-order valence-electron chi connectivity index (χ0n) is 12.9. The van der Waals surface area contributed by atoms with Crippen molar-refractivity contribution in [2.24, 2.45) is 0 Å². The van der Waals surface area contributed by atoms with Gasteiger partial charge in [-0.2, -0.15) is 0 Å². The number of likely N-dealkylation sites (tertiary alicyclic amines) is 1. The molecule has 0 aromatic heterocycles. The molecule has 0 bridgehead atoms. The van der Waals surface area contributed by atoms with Crippen LogP contribution >= 0.6 is 0 Å². The van der Waals surface area contributed by atoms with E-state index < -0.39 is 0 Å². The average molecular weight is 295 g/mol. The second kappa shape index (κ2) is 7.07. The standard InChI is InChI=1S/C16H29N3O2/c20-15-6-2-1-4-13(15)18-16(21)14-5-3-11-19(14)12-7-9-17-10-8-12/h12-15,17,20H,1-11H2,(H,18,21). The lowest BCUT2D eigenvalue weighted by molar-refractivity contribution is -0.128. The maximum Gasteiger partial charge on any atom is 0.237 e. The smallest absolute Gasteiger partial charge is 0.237 e. The largest absolute Gasteiger partial charge is 0.391 e. The van der Waals surface area contributed by atoms with E-state index in [1.54, 1.807) is 0 Å². The fourth-order valence-corrected chi connectivity index (χ4v) is 4.20. The quantitative estimate of drug-likeness (QED) is 0.714. The van der Waals surface area contributed by atoms with Crippen molar-refractivity contribution >= 4 is 5.91 Å². The third-order valence-electron chi connectivity index (χ3n) is 5.43. The molecule has 0 spiro atoms. The monoisotopic (exact) mass is 295 g/mol. The van der Waals surface area contributed by atoms with E-state index in [2.05, 4.69) is 15.5 Å². The van der Waals surface area contributed by atoms with Gasteiger partial charge in [0, 0.05) is 6.04 Å². The molecule has 2 aliphatic heterocycles. The van der Waals surface area contributed by atoms with Gasteiger partial charge in [-0.05, 0) is 58.2 Å². The Hall–Kier alpha value is -0.650. The highest BCUT2D eigenvalue weighted by molar-refractivity contribution is 5.82. The number of piperidine rings is 1. The van der Waals surface area contributed by atoms with Crippen molar-refractivity contribution in [3.8, 4) is 0 Å². The third kappa shape index (κ3) is 3.58. The van der Waals surface area contributed by atoms with Crippen molar-refractivity contribution in [3.05, 3.63) is 0 Å². The van der Waals surface area contributed by atoms with Crippen LogP contribution in [0.5, 0.6) is 0 Å². The molecule has 3 unspecified atom stereocenters. The molecule has 1 aliphatic carbocycles. The van der Waals surface area contributed by atoms with Crippen molar-refractivity contribution in [1.29, 1.82) is 0 Å². The molecular formula is C16H29N3O2. The molecule has 2 saturated heterocycles. The first-order valence-corrected chi connectivity index (χ1v) is 8.70. The first kappa shape index (κ1) is 15.3. The zero-order chi connectivity index (χ0) is 14.7. The van der Waals surface area contributed by atoms with Crippen LogP contribution in [0.15, 0.2) is 0 Å². The van der Waals surface area contributed by atoms with Crippen LogP contribution in [0.1, 0.15) is 51.4 Å². The first-order chi connectivity index (χ1) is 10.3. The Morgan fingerprint density at radius 2 is 1.81 bits per heavy atom. The van der Waals surface area contributed by atoms with Gasteiger partial charge in [0.15, 0.2) is 0 Å². The van der Waals surface area contributed by atoms with Gasteiger partial charge in [-0.25, -0.2) is 0 Å². The minimum atomic E-state index is -0.351. The summed E-state index contributed by atoms with van der Waals surface area (Å²) in [6, 6.07) is 0.560. The van der Waals surface area contributed by atoms with Gasteiger partial charge in [0.05, 0.1) is 18.2 Å². The number of hydrogen-bond donors (Lipinski definition) is 3. The van der Waals surface area contributed by atoms with E-state index in [1.807, 2.05) is 0 Å².